The van der Waals surface area contributed by atoms with Crippen molar-refractivity contribution in [2.24, 2.45) is 0 Å². The van der Waals surface area contributed by atoms with Crippen molar-refractivity contribution in [1.82, 2.24) is 9.80 Å². The Kier molecular flexibility index (Phi) is 4.48. The fourth-order valence-corrected chi connectivity index (χ4v) is 2.65. The molecule has 0 saturated carbocycles. The van der Waals surface area contributed by atoms with Crippen molar-refractivity contribution >= 4 is 5.69 Å². The lowest BCUT2D eigenvalue weighted by molar-refractivity contribution is 0.0423. The SMILES string of the molecule is Cc1cccc(NCCN2CCN(C)C(C)(C)C2)c1. The van der Waals surface area contributed by atoms with E-state index in [-0.39, 0.29) is 0 Å². The van der Waals surface area contributed by atoms with Crippen molar-refractivity contribution in [1.29, 1.82) is 0 Å². The number of benzene rings is 1. The molecule has 1 aromatic carbocycles. The van der Waals surface area contributed by atoms with Gasteiger partial charge in [0.2, 0.25) is 0 Å². The van der Waals surface area contributed by atoms with Crippen LogP contribution in [0.4, 0.5) is 5.69 Å². The minimum absolute atomic E-state index is 0.293. The second-order valence-corrected chi connectivity index (χ2v) is 6.31. The smallest absolute Gasteiger partial charge is 0.0343 e. The average molecular weight is 261 g/mol. The molecule has 19 heavy (non-hydrogen) atoms. The van der Waals surface area contributed by atoms with Crippen LogP contribution in [0.2, 0.25) is 0 Å². The van der Waals surface area contributed by atoms with E-state index in [1.54, 1.807) is 0 Å². The molecule has 1 fully saturated rings. The number of nitrogens with zero attached hydrogens (tertiary/aromatic N) is 2. The molecule has 0 spiro atoms. The summed E-state index contributed by atoms with van der Waals surface area (Å²) >= 11 is 0. The van der Waals surface area contributed by atoms with Crippen LogP contribution in [-0.4, -0.2) is 55.1 Å². The van der Waals surface area contributed by atoms with Crippen LogP contribution in [0.15, 0.2) is 24.3 Å². The lowest BCUT2D eigenvalue weighted by Crippen LogP contribution is -2.58. The molecule has 3 nitrogen and oxygen atoms in total. The summed E-state index contributed by atoms with van der Waals surface area (Å²) in [6.07, 6.45) is 0. The van der Waals surface area contributed by atoms with E-state index >= 15 is 0 Å². The van der Waals surface area contributed by atoms with Gasteiger partial charge in [0.25, 0.3) is 0 Å². The van der Waals surface area contributed by atoms with Crippen molar-refractivity contribution in [3.63, 3.8) is 0 Å². The summed E-state index contributed by atoms with van der Waals surface area (Å²) in [4.78, 5) is 5.01. The van der Waals surface area contributed by atoms with Gasteiger partial charge < -0.3 is 5.32 Å². The van der Waals surface area contributed by atoms with E-state index in [1.165, 1.54) is 17.8 Å². The number of anilines is 1. The topological polar surface area (TPSA) is 18.5 Å². The molecule has 0 radical (unpaired) electrons. The number of nitrogens with one attached hydrogen (secondary N) is 1. The molecule has 0 aromatic heterocycles. The molecule has 3 heteroatoms. The third kappa shape index (κ3) is 3.95. The normalized spacial score (nSPS) is 20.4. The first-order valence-electron chi connectivity index (χ1n) is 7.21. The third-order valence-electron chi connectivity index (χ3n) is 4.17. The zero-order chi connectivity index (χ0) is 13.9. The highest BCUT2D eigenvalue weighted by atomic mass is 15.3. The highest BCUT2D eigenvalue weighted by Gasteiger charge is 2.30. The van der Waals surface area contributed by atoms with Crippen LogP contribution in [0.25, 0.3) is 0 Å². The molecule has 2 rings (SSSR count). The molecule has 1 aliphatic rings. The van der Waals surface area contributed by atoms with Crippen LogP contribution in [0, 0.1) is 6.92 Å². The number of piperazine rings is 1. The van der Waals surface area contributed by atoms with Gasteiger partial charge in [0.05, 0.1) is 0 Å². The minimum Gasteiger partial charge on any atom is -0.384 e. The van der Waals surface area contributed by atoms with Crippen LogP contribution >= 0.6 is 0 Å². The van der Waals surface area contributed by atoms with E-state index in [9.17, 15) is 0 Å². The minimum atomic E-state index is 0.293. The van der Waals surface area contributed by atoms with Crippen LogP contribution in [-0.2, 0) is 0 Å². The summed E-state index contributed by atoms with van der Waals surface area (Å²) in [7, 11) is 2.22. The molecular formula is C16H27N3. The molecule has 0 amide bonds. The van der Waals surface area contributed by atoms with Crippen molar-refractivity contribution in [3.05, 3.63) is 29.8 Å². The Morgan fingerprint density at radius 1 is 1.26 bits per heavy atom. The summed E-state index contributed by atoms with van der Waals surface area (Å²) in [5, 5.41) is 3.52. The molecule has 1 aliphatic heterocycles. The molecule has 0 unspecified atom stereocenters. The highest BCUT2D eigenvalue weighted by Crippen LogP contribution is 2.18. The highest BCUT2D eigenvalue weighted by molar-refractivity contribution is 5.45. The molecule has 0 aliphatic carbocycles. The fourth-order valence-electron chi connectivity index (χ4n) is 2.65. The standard InChI is InChI=1S/C16H27N3/c1-14-6-5-7-15(12-14)17-8-9-19-11-10-18(4)16(2,3)13-19/h5-7,12,17H,8-11,13H2,1-4H3. The Morgan fingerprint density at radius 3 is 2.74 bits per heavy atom. The van der Waals surface area contributed by atoms with Gasteiger partial charge in [0, 0.05) is 44.0 Å². The summed E-state index contributed by atoms with van der Waals surface area (Å²) in [6, 6.07) is 8.58. The van der Waals surface area contributed by atoms with E-state index in [2.05, 4.69) is 67.2 Å². The number of hydrogen-bond donors (Lipinski definition) is 1. The summed E-state index contributed by atoms with van der Waals surface area (Å²) < 4.78 is 0. The molecule has 1 saturated heterocycles. The quantitative estimate of drug-likeness (QED) is 0.898. The van der Waals surface area contributed by atoms with Gasteiger partial charge in [-0.3, -0.25) is 9.80 Å². The number of rotatable bonds is 4. The average Bonchev–Trinajstić information content (AvgIpc) is 2.33. The van der Waals surface area contributed by atoms with E-state index in [4.69, 9.17) is 0 Å². The van der Waals surface area contributed by atoms with E-state index in [0.29, 0.717) is 5.54 Å². The van der Waals surface area contributed by atoms with Crippen molar-refractivity contribution in [3.8, 4) is 0 Å². The first kappa shape index (κ1) is 14.4. The van der Waals surface area contributed by atoms with Crippen LogP contribution in [0.5, 0.6) is 0 Å². The molecule has 1 N–H and O–H groups in total. The predicted octanol–water partition coefficient (Wildman–Crippen LogP) is 2.43. The van der Waals surface area contributed by atoms with Gasteiger partial charge >= 0.3 is 0 Å². The van der Waals surface area contributed by atoms with Crippen molar-refractivity contribution in [2.75, 3.05) is 45.1 Å². The summed E-state index contributed by atoms with van der Waals surface area (Å²) in [5.74, 6) is 0. The second-order valence-electron chi connectivity index (χ2n) is 6.31. The van der Waals surface area contributed by atoms with Crippen LogP contribution < -0.4 is 5.32 Å². The second kappa shape index (κ2) is 5.93. The molecule has 1 aromatic rings. The fraction of sp³-hybridized carbons (Fsp3) is 0.625. The first-order chi connectivity index (χ1) is 8.97. The lowest BCUT2D eigenvalue weighted by Gasteiger charge is -2.45. The maximum Gasteiger partial charge on any atom is 0.0343 e. The van der Waals surface area contributed by atoms with Gasteiger partial charge in [-0.1, -0.05) is 12.1 Å². The van der Waals surface area contributed by atoms with Crippen molar-refractivity contribution in [2.45, 2.75) is 26.3 Å². The number of hydrogen-bond acceptors (Lipinski definition) is 3. The van der Waals surface area contributed by atoms with Crippen LogP contribution in [0.1, 0.15) is 19.4 Å². The molecular weight excluding hydrogens is 234 g/mol. The zero-order valence-electron chi connectivity index (χ0n) is 12.7. The van der Waals surface area contributed by atoms with Crippen molar-refractivity contribution < 1.29 is 0 Å². The van der Waals surface area contributed by atoms with E-state index in [1.807, 2.05) is 0 Å². The van der Waals surface area contributed by atoms with E-state index < -0.39 is 0 Å². The zero-order valence-corrected chi connectivity index (χ0v) is 12.7. The molecule has 0 atom stereocenters. The predicted molar refractivity (Wildman–Crippen MR) is 82.8 cm³/mol. The van der Waals surface area contributed by atoms with E-state index in [0.717, 1.165) is 26.2 Å². The molecule has 0 bridgehead atoms. The van der Waals surface area contributed by atoms with Gasteiger partial charge in [-0.05, 0) is 45.5 Å². The monoisotopic (exact) mass is 261 g/mol. The Morgan fingerprint density at radius 2 is 2.05 bits per heavy atom. The third-order valence-corrected chi connectivity index (χ3v) is 4.17. The largest absolute Gasteiger partial charge is 0.384 e. The maximum absolute atomic E-state index is 3.52. The lowest BCUT2D eigenvalue weighted by atomic mass is 10.00. The summed E-state index contributed by atoms with van der Waals surface area (Å²) in [6.45, 7) is 12.4. The Hall–Kier alpha value is -1.06. The maximum atomic E-state index is 3.52. The Labute approximate surface area is 117 Å². The molecule has 1 heterocycles. The van der Waals surface area contributed by atoms with Gasteiger partial charge in [0.15, 0.2) is 0 Å². The summed E-state index contributed by atoms with van der Waals surface area (Å²) in [5.41, 5.74) is 2.83. The number of likely N-dealkylation sites (N-methyl/N-ethyl adjacent to an activating group) is 1. The molecule has 106 valence electrons. The number of aryl methyl sites for hydroxylation is 1. The van der Waals surface area contributed by atoms with Gasteiger partial charge in [-0.15, -0.1) is 0 Å². The Bertz CT molecular complexity index is 414. The van der Waals surface area contributed by atoms with Gasteiger partial charge in [0.1, 0.15) is 0 Å². The Balaban J connectivity index is 1.77. The van der Waals surface area contributed by atoms with Gasteiger partial charge in [-0.25, -0.2) is 0 Å². The van der Waals surface area contributed by atoms with Crippen LogP contribution in [0.3, 0.4) is 0 Å². The first-order valence-corrected chi connectivity index (χ1v) is 7.21. The van der Waals surface area contributed by atoms with Gasteiger partial charge in [-0.2, -0.15) is 0 Å².